The SMILES string of the molecule is CC(C)(C)OC(=O)N1CCC(c2ccc(OCc3ccccc3)c(F)c2)CC1. The maximum absolute atomic E-state index is 14.5. The van der Waals surface area contributed by atoms with Gasteiger partial charge in [-0.15, -0.1) is 0 Å². The van der Waals surface area contributed by atoms with E-state index < -0.39 is 5.60 Å². The Morgan fingerprint density at radius 2 is 1.79 bits per heavy atom. The molecule has 0 saturated carbocycles. The molecule has 1 fully saturated rings. The summed E-state index contributed by atoms with van der Waals surface area (Å²) in [4.78, 5) is 13.9. The molecule has 1 aliphatic heterocycles. The molecule has 0 spiro atoms. The van der Waals surface area contributed by atoms with Crippen LogP contribution in [0.5, 0.6) is 5.75 Å². The summed E-state index contributed by atoms with van der Waals surface area (Å²) >= 11 is 0. The molecule has 0 unspecified atom stereocenters. The Balaban J connectivity index is 1.55. The third kappa shape index (κ3) is 5.47. The summed E-state index contributed by atoms with van der Waals surface area (Å²) in [6.45, 7) is 7.16. The fourth-order valence-electron chi connectivity index (χ4n) is 3.35. The van der Waals surface area contributed by atoms with Crippen molar-refractivity contribution in [1.29, 1.82) is 0 Å². The van der Waals surface area contributed by atoms with Crippen LogP contribution in [0, 0.1) is 5.82 Å². The van der Waals surface area contributed by atoms with Gasteiger partial charge in [-0.3, -0.25) is 0 Å². The van der Waals surface area contributed by atoms with Crippen LogP contribution in [0.4, 0.5) is 9.18 Å². The van der Waals surface area contributed by atoms with Gasteiger partial charge in [0.2, 0.25) is 0 Å². The van der Waals surface area contributed by atoms with Crippen molar-refractivity contribution in [1.82, 2.24) is 4.90 Å². The van der Waals surface area contributed by atoms with Crippen molar-refractivity contribution in [3.05, 3.63) is 65.5 Å². The standard InChI is InChI=1S/C23H28FNO3/c1-23(2,3)28-22(26)25-13-11-18(12-14-25)19-9-10-21(20(24)15-19)27-16-17-7-5-4-6-8-17/h4-10,15,18H,11-14,16H2,1-3H3. The number of piperidine rings is 1. The molecule has 0 atom stereocenters. The molecule has 0 bridgehead atoms. The van der Waals surface area contributed by atoms with Gasteiger partial charge in [0, 0.05) is 13.1 Å². The fraction of sp³-hybridized carbons (Fsp3) is 0.435. The zero-order valence-corrected chi connectivity index (χ0v) is 16.8. The highest BCUT2D eigenvalue weighted by atomic mass is 19.1. The van der Waals surface area contributed by atoms with Gasteiger partial charge in [0.1, 0.15) is 12.2 Å². The maximum Gasteiger partial charge on any atom is 0.410 e. The van der Waals surface area contributed by atoms with Crippen molar-refractivity contribution < 1.29 is 18.7 Å². The van der Waals surface area contributed by atoms with E-state index in [-0.39, 0.29) is 23.6 Å². The summed E-state index contributed by atoms with van der Waals surface area (Å²) in [5.41, 5.74) is 1.46. The highest BCUT2D eigenvalue weighted by molar-refractivity contribution is 5.68. The molecule has 0 N–H and O–H groups in total. The van der Waals surface area contributed by atoms with Gasteiger partial charge in [0.15, 0.2) is 11.6 Å². The van der Waals surface area contributed by atoms with E-state index in [1.54, 1.807) is 17.0 Å². The van der Waals surface area contributed by atoms with Crippen LogP contribution in [0.3, 0.4) is 0 Å². The van der Waals surface area contributed by atoms with Crippen molar-refractivity contribution >= 4 is 6.09 Å². The second kappa shape index (κ2) is 8.63. The lowest BCUT2D eigenvalue weighted by atomic mass is 9.89. The number of hydrogen-bond acceptors (Lipinski definition) is 3. The molecule has 150 valence electrons. The smallest absolute Gasteiger partial charge is 0.410 e. The van der Waals surface area contributed by atoms with Gasteiger partial charge in [0.25, 0.3) is 0 Å². The van der Waals surface area contributed by atoms with Crippen LogP contribution < -0.4 is 4.74 Å². The Morgan fingerprint density at radius 3 is 2.39 bits per heavy atom. The Kier molecular flexibility index (Phi) is 6.22. The van der Waals surface area contributed by atoms with Gasteiger partial charge < -0.3 is 14.4 Å². The van der Waals surface area contributed by atoms with Crippen LogP contribution in [0.2, 0.25) is 0 Å². The average molecular weight is 385 g/mol. The minimum atomic E-state index is -0.493. The number of carbonyl (C=O) groups is 1. The Labute approximate surface area is 166 Å². The summed E-state index contributed by atoms with van der Waals surface area (Å²) in [7, 11) is 0. The summed E-state index contributed by atoms with van der Waals surface area (Å²) in [5.74, 6) is 0.151. The molecule has 1 saturated heterocycles. The lowest BCUT2D eigenvalue weighted by Gasteiger charge is -2.33. The number of amides is 1. The Hall–Kier alpha value is -2.56. The average Bonchev–Trinajstić information content (AvgIpc) is 2.66. The number of carbonyl (C=O) groups excluding carboxylic acids is 1. The van der Waals surface area contributed by atoms with Gasteiger partial charge in [-0.2, -0.15) is 0 Å². The van der Waals surface area contributed by atoms with E-state index in [9.17, 15) is 9.18 Å². The predicted octanol–water partition coefficient (Wildman–Crippen LogP) is 5.52. The number of rotatable bonds is 4. The third-order valence-corrected chi connectivity index (χ3v) is 4.81. The number of ether oxygens (including phenoxy) is 2. The molecule has 5 heteroatoms. The number of benzene rings is 2. The summed E-state index contributed by atoms with van der Waals surface area (Å²) < 4.78 is 25.5. The van der Waals surface area contributed by atoms with E-state index in [4.69, 9.17) is 9.47 Å². The summed E-state index contributed by atoms with van der Waals surface area (Å²) in [5, 5.41) is 0. The number of hydrogen-bond donors (Lipinski definition) is 0. The molecule has 1 heterocycles. The highest BCUT2D eigenvalue weighted by Crippen LogP contribution is 2.31. The van der Waals surface area contributed by atoms with Crippen molar-refractivity contribution in [2.24, 2.45) is 0 Å². The van der Waals surface area contributed by atoms with Crippen LogP contribution in [-0.2, 0) is 11.3 Å². The van der Waals surface area contributed by atoms with Gasteiger partial charge >= 0.3 is 6.09 Å². The number of likely N-dealkylation sites (tertiary alicyclic amines) is 1. The molecular weight excluding hydrogens is 357 g/mol. The maximum atomic E-state index is 14.5. The predicted molar refractivity (Wildman–Crippen MR) is 107 cm³/mol. The molecule has 0 aromatic heterocycles. The van der Waals surface area contributed by atoms with Crippen molar-refractivity contribution in [2.45, 2.75) is 51.7 Å². The van der Waals surface area contributed by atoms with E-state index in [2.05, 4.69) is 0 Å². The van der Waals surface area contributed by atoms with E-state index in [1.807, 2.05) is 57.2 Å². The summed E-state index contributed by atoms with van der Waals surface area (Å²) in [6, 6.07) is 14.9. The largest absolute Gasteiger partial charge is 0.486 e. The van der Waals surface area contributed by atoms with Crippen LogP contribution >= 0.6 is 0 Å². The van der Waals surface area contributed by atoms with E-state index >= 15 is 0 Å². The van der Waals surface area contributed by atoms with E-state index in [0.29, 0.717) is 19.7 Å². The quantitative estimate of drug-likeness (QED) is 0.696. The highest BCUT2D eigenvalue weighted by Gasteiger charge is 2.27. The van der Waals surface area contributed by atoms with E-state index in [1.165, 1.54) is 0 Å². The molecule has 0 aliphatic carbocycles. The fourth-order valence-corrected chi connectivity index (χ4v) is 3.35. The molecule has 2 aromatic rings. The van der Waals surface area contributed by atoms with Gasteiger partial charge in [-0.25, -0.2) is 9.18 Å². The first kappa shape index (κ1) is 20.2. The lowest BCUT2D eigenvalue weighted by Crippen LogP contribution is -2.41. The summed E-state index contributed by atoms with van der Waals surface area (Å²) in [6.07, 6.45) is 1.31. The number of halogens is 1. The van der Waals surface area contributed by atoms with Crippen LogP contribution in [0.25, 0.3) is 0 Å². The number of nitrogens with zero attached hydrogens (tertiary/aromatic N) is 1. The molecule has 0 radical (unpaired) electrons. The van der Waals surface area contributed by atoms with Gasteiger partial charge in [-0.05, 0) is 62.8 Å². The molecule has 1 amide bonds. The van der Waals surface area contributed by atoms with Crippen molar-refractivity contribution in [3.63, 3.8) is 0 Å². The molecular formula is C23H28FNO3. The normalized spacial score (nSPS) is 15.4. The first-order valence-corrected chi connectivity index (χ1v) is 9.76. The molecule has 2 aromatic carbocycles. The van der Waals surface area contributed by atoms with Crippen LogP contribution in [-0.4, -0.2) is 29.7 Å². The van der Waals surface area contributed by atoms with Crippen LogP contribution in [0.1, 0.15) is 50.7 Å². The lowest BCUT2D eigenvalue weighted by molar-refractivity contribution is 0.0205. The zero-order chi connectivity index (χ0) is 20.1. The molecule has 1 aliphatic rings. The second-order valence-electron chi connectivity index (χ2n) is 8.21. The minimum Gasteiger partial charge on any atom is -0.486 e. The topological polar surface area (TPSA) is 38.8 Å². The first-order chi connectivity index (χ1) is 13.3. The first-order valence-electron chi connectivity index (χ1n) is 9.76. The Bertz CT molecular complexity index is 793. The Morgan fingerprint density at radius 1 is 1.11 bits per heavy atom. The minimum absolute atomic E-state index is 0.233. The monoisotopic (exact) mass is 385 g/mol. The zero-order valence-electron chi connectivity index (χ0n) is 16.8. The van der Waals surface area contributed by atoms with Crippen LogP contribution in [0.15, 0.2) is 48.5 Å². The molecule has 4 nitrogen and oxygen atoms in total. The van der Waals surface area contributed by atoms with Crippen molar-refractivity contribution in [3.8, 4) is 5.75 Å². The molecule has 28 heavy (non-hydrogen) atoms. The third-order valence-electron chi connectivity index (χ3n) is 4.81. The molecule has 3 rings (SSSR count). The second-order valence-corrected chi connectivity index (χ2v) is 8.21. The van der Waals surface area contributed by atoms with E-state index in [0.717, 1.165) is 24.0 Å². The van der Waals surface area contributed by atoms with Crippen molar-refractivity contribution in [2.75, 3.05) is 13.1 Å². The van der Waals surface area contributed by atoms with Gasteiger partial charge in [-0.1, -0.05) is 36.4 Å². The van der Waals surface area contributed by atoms with Gasteiger partial charge in [0.05, 0.1) is 0 Å².